The molecular formula is C19H14ClN3O6. The summed E-state index contributed by atoms with van der Waals surface area (Å²) in [6, 6.07) is 12.0. The average Bonchev–Trinajstić information content (AvgIpc) is 3.20. The summed E-state index contributed by atoms with van der Waals surface area (Å²) < 4.78 is 10.4. The number of benzene rings is 2. The first-order chi connectivity index (χ1) is 13.9. The standard InChI is InChI=1S/C19H14ClN3O6/c20-14-5-1-12(2-6-14)16(24)9-10-18(25)28-11-17-21-22-19(29-17)13-3-7-15(8-4-13)23(26)27/h1-8H,9-11H2. The largest absolute Gasteiger partial charge is 0.456 e. The monoisotopic (exact) mass is 415 g/mol. The lowest BCUT2D eigenvalue weighted by atomic mass is 10.1. The molecule has 0 fully saturated rings. The van der Waals surface area contributed by atoms with Crippen LogP contribution in [0.2, 0.25) is 5.02 Å². The van der Waals surface area contributed by atoms with Crippen LogP contribution < -0.4 is 0 Å². The molecular weight excluding hydrogens is 402 g/mol. The van der Waals surface area contributed by atoms with Gasteiger partial charge in [-0.2, -0.15) is 0 Å². The Morgan fingerprint density at radius 3 is 2.38 bits per heavy atom. The molecule has 0 unspecified atom stereocenters. The summed E-state index contributed by atoms with van der Waals surface area (Å²) in [6.07, 6.45) is -0.0941. The number of nitrogens with zero attached hydrogens (tertiary/aromatic N) is 3. The summed E-state index contributed by atoms with van der Waals surface area (Å²) >= 11 is 5.77. The highest BCUT2D eigenvalue weighted by molar-refractivity contribution is 6.30. The highest BCUT2D eigenvalue weighted by Gasteiger charge is 2.14. The Morgan fingerprint density at radius 2 is 1.72 bits per heavy atom. The lowest BCUT2D eigenvalue weighted by Crippen LogP contribution is -2.08. The predicted octanol–water partition coefficient (Wildman–Crippen LogP) is 4.00. The van der Waals surface area contributed by atoms with Crippen molar-refractivity contribution < 1.29 is 23.7 Å². The van der Waals surface area contributed by atoms with Crippen molar-refractivity contribution in [3.63, 3.8) is 0 Å². The van der Waals surface area contributed by atoms with E-state index in [4.69, 9.17) is 20.8 Å². The third kappa shape index (κ3) is 5.45. The van der Waals surface area contributed by atoms with E-state index in [0.717, 1.165) is 0 Å². The molecule has 0 spiro atoms. The van der Waals surface area contributed by atoms with Gasteiger partial charge in [0.15, 0.2) is 12.4 Å². The fourth-order valence-corrected chi connectivity index (χ4v) is 2.49. The molecule has 0 N–H and O–H groups in total. The van der Waals surface area contributed by atoms with Crippen LogP contribution in [-0.4, -0.2) is 26.9 Å². The van der Waals surface area contributed by atoms with E-state index in [1.165, 1.54) is 24.3 Å². The zero-order valence-electron chi connectivity index (χ0n) is 14.9. The Bertz CT molecular complexity index is 1030. The summed E-state index contributed by atoms with van der Waals surface area (Å²) in [5.74, 6) is -0.571. The number of aromatic nitrogens is 2. The van der Waals surface area contributed by atoms with Gasteiger partial charge in [0.25, 0.3) is 11.6 Å². The number of hydrogen-bond acceptors (Lipinski definition) is 8. The molecule has 9 nitrogen and oxygen atoms in total. The first-order valence-electron chi connectivity index (χ1n) is 8.44. The van der Waals surface area contributed by atoms with Gasteiger partial charge in [-0.25, -0.2) is 0 Å². The van der Waals surface area contributed by atoms with Gasteiger partial charge in [-0.1, -0.05) is 11.6 Å². The van der Waals surface area contributed by atoms with Crippen molar-refractivity contribution in [3.8, 4) is 11.5 Å². The minimum absolute atomic E-state index is 0.00164. The second kappa shape index (κ2) is 9.07. The van der Waals surface area contributed by atoms with Gasteiger partial charge in [-0.05, 0) is 36.4 Å². The smallest absolute Gasteiger partial charge is 0.306 e. The first-order valence-corrected chi connectivity index (χ1v) is 8.82. The highest BCUT2D eigenvalue weighted by Crippen LogP contribution is 2.21. The number of esters is 1. The lowest BCUT2D eigenvalue weighted by Gasteiger charge is -2.02. The molecule has 0 bridgehead atoms. The lowest BCUT2D eigenvalue weighted by molar-refractivity contribution is -0.384. The van der Waals surface area contributed by atoms with Gasteiger partial charge in [0.2, 0.25) is 5.89 Å². The van der Waals surface area contributed by atoms with E-state index < -0.39 is 10.9 Å². The van der Waals surface area contributed by atoms with Crippen molar-refractivity contribution in [2.45, 2.75) is 19.4 Å². The number of nitro groups is 1. The van der Waals surface area contributed by atoms with Crippen LogP contribution in [0.4, 0.5) is 5.69 Å². The Morgan fingerprint density at radius 1 is 1.03 bits per heavy atom. The van der Waals surface area contributed by atoms with Crippen molar-refractivity contribution in [2.24, 2.45) is 0 Å². The van der Waals surface area contributed by atoms with Crippen LogP contribution in [0.5, 0.6) is 0 Å². The third-order valence-corrected chi connectivity index (χ3v) is 4.12. The van der Waals surface area contributed by atoms with Crippen LogP contribution in [0.1, 0.15) is 29.1 Å². The molecule has 0 aliphatic rings. The molecule has 1 aromatic heterocycles. The van der Waals surface area contributed by atoms with Gasteiger partial charge in [0, 0.05) is 34.7 Å². The molecule has 148 valence electrons. The zero-order chi connectivity index (χ0) is 20.8. The number of nitro benzene ring substituents is 1. The number of Topliss-reactive ketones (excluding diaryl/α,β-unsaturated/α-hetero) is 1. The number of ether oxygens (including phenoxy) is 1. The molecule has 0 atom stereocenters. The molecule has 3 aromatic rings. The van der Waals surface area contributed by atoms with Crippen LogP contribution in [-0.2, 0) is 16.1 Å². The fraction of sp³-hybridized carbons (Fsp3) is 0.158. The molecule has 3 rings (SSSR count). The number of rotatable bonds is 8. The van der Waals surface area contributed by atoms with E-state index in [9.17, 15) is 19.7 Å². The maximum absolute atomic E-state index is 12.0. The summed E-state index contributed by atoms with van der Waals surface area (Å²) in [7, 11) is 0. The Kier molecular flexibility index (Phi) is 6.30. The van der Waals surface area contributed by atoms with Gasteiger partial charge in [0.05, 0.1) is 11.3 Å². The SMILES string of the molecule is O=C(CCC(=O)c1ccc(Cl)cc1)OCc1nnc(-c2ccc([N+](=O)[O-])cc2)o1. The van der Waals surface area contributed by atoms with E-state index in [1.54, 1.807) is 24.3 Å². The number of halogens is 1. The predicted molar refractivity (Wildman–Crippen MR) is 101 cm³/mol. The molecule has 29 heavy (non-hydrogen) atoms. The minimum atomic E-state index is -0.581. The molecule has 1 heterocycles. The normalized spacial score (nSPS) is 10.5. The van der Waals surface area contributed by atoms with Gasteiger partial charge in [0.1, 0.15) is 0 Å². The van der Waals surface area contributed by atoms with Gasteiger partial charge in [-0.3, -0.25) is 19.7 Å². The number of ketones is 1. The summed E-state index contributed by atoms with van der Waals surface area (Å²) in [6.45, 7) is -0.242. The zero-order valence-corrected chi connectivity index (χ0v) is 15.7. The highest BCUT2D eigenvalue weighted by atomic mass is 35.5. The maximum Gasteiger partial charge on any atom is 0.306 e. The molecule has 0 radical (unpaired) electrons. The van der Waals surface area contributed by atoms with Crippen molar-refractivity contribution >= 4 is 29.0 Å². The minimum Gasteiger partial charge on any atom is -0.456 e. The fourth-order valence-electron chi connectivity index (χ4n) is 2.36. The molecule has 0 aliphatic heterocycles. The molecule has 2 aromatic carbocycles. The summed E-state index contributed by atoms with van der Waals surface area (Å²) in [5.41, 5.74) is 0.900. The van der Waals surface area contributed by atoms with Crippen LogP contribution in [0.3, 0.4) is 0 Å². The molecule has 10 heteroatoms. The van der Waals surface area contributed by atoms with Crippen LogP contribution in [0.15, 0.2) is 52.9 Å². The van der Waals surface area contributed by atoms with E-state index in [2.05, 4.69) is 10.2 Å². The van der Waals surface area contributed by atoms with Crippen LogP contribution in [0.25, 0.3) is 11.5 Å². The van der Waals surface area contributed by atoms with Crippen molar-refractivity contribution in [1.82, 2.24) is 10.2 Å². The number of carbonyl (C=O) groups is 2. The number of non-ortho nitro benzene ring substituents is 1. The average molecular weight is 416 g/mol. The second-order valence-corrected chi connectivity index (χ2v) is 6.33. The van der Waals surface area contributed by atoms with E-state index in [1.807, 2.05) is 0 Å². The van der Waals surface area contributed by atoms with E-state index in [0.29, 0.717) is 16.1 Å². The Labute approximate surface area is 169 Å². The topological polar surface area (TPSA) is 125 Å². The van der Waals surface area contributed by atoms with Crippen LogP contribution in [0, 0.1) is 10.1 Å². The van der Waals surface area contributed by atoms with Crippen LogP contribution >= 0.6 is 11.6 Å². The van der Waals surface area contributed by atoms with E-state index >= 15 is 0 Å². The molecule has 0 amide bonds. The van der Waals surface area contributed by atoms with E-state index in [-0.39, 0.29) is 42.7 Å². The molecule has 0 saturated heterocycles. The maximum atomic E-state index is 12.0. The second-order valence-electron chi connectivity index (χ2n) is 5.90. The number of hydrogen-bond donors (Lipinski definition) is 0. The number of carbonyl (C=O) groups excluding carboxylic acids is 2. The summed E-state index contributed by atoms with van der Waals surface area (Å²) in [4.78, 5) is 34.0. The molecule has 0 aliphatic carbocycles. The third-order valence-electron chi connectivity index (χ3n) is 3.87. The molecule has 0 saturated carbocycles. The van der Waals surface area contributed by atoms with Gasteiger partial charge in [-0.15, -0.1) is 10.2 Å². The quantitative estimate of drug-likeness (QED) is 0.234. The van der Waals surface area contributed by atoms with Gasteiger partial charge < -0.3 is 9.15 Å². The van der Waals surface area contributed by atoms with Crippen molar-refractivity contribution in [3.05, 3.63) is 75.1 Å². The summed E-state index contributed by atoms with van der Waals surface area (Å²) in [5, 5.41) is 18.8. The Hall–Kier alpha value is -3.59. The van der Waals surface area contributed by atoms with Crippen molar-refractivity contribution in [1.29, 1.82) is 0 Å². The first kappa shape index (κ1) is 20.2. The van der Waals surface area contributed by atoms with Crippen molar-refractivity contribution in [2.75, 3.05) is 0 Å². The van der Waals surface area contributed by atoms with Gasteiger partial charge >= 0.3 is 5.97 Å². The Balaban J connectivity index is 1.48.